The standard InChI is InChI=1S/C13H17N3O4S/c1-8(17)14-13-15-10(7-21-13)11(18)16-5-3-4-9(6-16)12(19)20-2/h7,9H,3-6H2,1-2H3,(H,14,15,17)/t9-/m0/s1. The highest BCUT2D eigenvalue weighted by molar-refractivity contribution is 7.14. The number of anilines is 1. The van der Waals surface area contributed by atoms with Crippen LogP contribution in [0.4, 0.5) is 5.13 Å². The fourth-order valence-electron chi connectivity index (χ4n) is 2.26. The van der Waals surface area contributed by atoms with E-state index in [1.165, 1.54) is 25.4 Å². The Balaban J connectivity index is 2.03. The average Bonchev–Trinajstić information content (AvgIpc) is 2.93. The lowest BCUT2D eigenvalue weighted by atomic mass is 9.98. The molecule has 2 amide bonds. The minimum absolute atomic E-state index is 0.226. The van der Waals surface area contributed by atoms with Gasteiger partial charge in [-0.2, -0.15) is 0 Å². The summed E-state index contributed by atoms with van der Waals surface area (Å²) in [6, 6.07) is 0. The number of piperidine rings is 1. The summed E-state index contributed by atoms with van der Waals surface area (Å²) < 4.78 is 4.73. The molecule has 1 N–H and O–H groups in total. The van der Waals surface area contributed by atoms with Gasteiger partial charge in [0.25, 0.3) is 5.91 Å². The van der Waals surface area contributed by atoms with Gasteiger partial charge in [-0.3, -0.25) is 14.4 Å². The lowest BCUT2D eigenvalue weighted by Crippen LogP contribution is -2.42. The first-order chi connectivity index (χ1) is 10.0. The lowest BCUT2D eigenvalue weighted by Gasteiger charge is -2.30. The van der Waals surface area contributed by atoms with Gasteiger partial charge in [-0.15, -0.1) is 11.3 Å². The van der Waals surface area contributed by atoms with E-state index in [1.807, 2.05) is 0 Å². The number of amides is 2. The van der Waals surface area contributed by atoms with Crippen molar-refractivity contribution >= 4 is 34.3 Å². The van der Waals surface area contributed by atoms with E-state index in [1.54, 1.807) is 10.3 Å². The molecule has 0 spiro atoms. The first-order valence-electron chi connectivity index (χ1n) is 6.61. The number of ether oxygens (including phenoxy) is 1. The van der Waals surface area contributed by atoms with Gasteiger partial charge in [-0.1, -0.05) is 0 Å². The Morgan fingerprint density at radius 1 is 1.48 bits per heavy atom. The molecule has 2 heterocycles. The maximum atomic E-state index is 12.4. The van der Waals surface area contributed by atoms with Crippen molar-refractivity contribution in [3.8, 4) is 0 Å². The van der Waals surface area contributed by atoms with E-state index in [0.29, 0.717) is 18.2 Å². The number of hydrogen-bond acceptors (Lipinski definition) is 6. The summed E-state index contributed by atoms with van der Waals surface area (Å²) in [6.07, 6.45) is 1.48. The number of rotatable bonds is 3. The molecule has 0 radical (unpaired) electrons. The molecule has 114 valence electrons. The predicted molar refractivity (Wildman–Crippen MR) is 77.1 cm³/mol. The van der Waals surface area contributed by atoms with Crippen molar-refractivity contribution in [2.75, 3.05) is 25.5 Å². The smallest absolute Gasteiger partial charge is 0.310 e. The number of carbonyl (C=O) groups excluding carboxylic acids is 3. The van der Waals surface area contributed by atoms with Crippen LogP contribution >= 0.6 is 11.3 Å². The first kappa shape index (κ1) is 15.4. The molecular weight excluding hydrogens is 294 g/mol. The molecule has 0 aromatic carbocycles. The Bertz CT molecular complexity index is 557. The number of likely N-dealkylation sites (tertiary alicyclic amines) is 1. The Kier molecular flexibility index (Phi) is 4.89. The summed E-state index contributed by atoms with van der Waals surface area (Å²) in [6.45, 7) is 2.33. The van der Waals surface area contributed by atoms with Crippen LogP contribution in [0.25, 0.3) is 0 Å². The van der Waals surface area contributed by atoms with Crippen molar-refractivity contribution in [2.45, 2.75) is 19.8 Å². The SMILES string of the molecule is COC(=O)[C@H]1CCCN(C(=O)c2csc(NC(C)=O)n2)C1. The molecule has 1 fully saturated rings. The van der Waals surface area contributed by atoms with E-state index in [2.05, 4.69) is 10.3 Å². The zero-order chi connectivity index (χ0) is 15.4. The van der Waals surface area contributed by atoms with Crippen LogP contribution in [-0.4, -0.2) is 47.9 Å². The molecule has 1 atom stereocenters. The summed E-state index contributed by atoms with van der Waals surface area (Å²) in [7, 11) is 1.35. The van der Waals surface area contributed by atoms with Gasteiger partial charge in [0.1, 0.15) is 5.69 Å². The quantitative estimate of drug-likeness (QED) is 0.845. The number of nitrogens with zero attached hydrogens (tertiary/aromatic N) is 2. The summed E-state index contributed by atoms with van der Waals surface area (Å²) in [5, 5.41) is 4.54. The lowest BCUT2D eigenvalue weighted by molar-refractivity contribution is -0.146. The number of esters is 1. The Morgan fingerprint density at radius 2 is 2.24 bits per heavy atom. The second-order valence-electron chi connectivity index (χ2n) is 4.83. The third-order valence-corrected chi connectivity index (χ3v) is 4.01. The molecule has 1 saturated heterocycles. The van der Waals surface area contributed by atoms with Gasteiger partial charge < -0.3 is 15.0 Å². The zero-order valence-corrected chi connectivity index (χ0v) is 12.7. The van der Waals surface area contributed by atoms with Gasteiger partial charge in [0, 0.05) is 25.4 Å². The van der Waals surface area contributed by atoms with E-state index in [9.17, 15) is 14.4 Å². The summed E-state index contributed by atoms with van der Waals surface area (Å²) >= 11 is 1.20. The molecular formula is C13H17N3O4S. The van der Waals surface area contributed by atoms with Crippen molar-refractivity contribution in [3.63, 3.8) is 0 Å². The zero-order valence-electron chi connectivity index (χ0n) is 11.9. The summed E-state index contributed by atoms with van der Waals surface area (Å²) in [4.78, 5) is 40.6. The first-order valence-corrected chi connectivity index (χ1v) is 7.49. The van der Waals surface area contributed by atoms with E-state index < -0.39 is 0 Å². The molecule has 1 aliphatic rings. The normalized spacial score (nSPS) is 18.2. The van der Waals surface area contributed by atoms with Crippen molar-refractivity contribution in [1.29, 1.82) is 0 Å². The van der Waals surface area contributed by atoms with E-state index in [-0.39, 0.29) is 29.4 Å². The molecule has 1 aromatic heterocycles. The van der Waals surface area contributed by atoms with Gasteiger partial charge >= 0.3 is 5.97 Å². The molecule has 0 bridgehead atoms. The third kappa shape index (κ3) is 3.78. The highest BCUT2D eigenvalue weighted by atomic mass is 32.1. The van der Waals surface area contributed by atoms with Gasteiger partial charge in [-0.05, 0) is 12.8 Å². The molecule has 1 aromatic rings. The number of methoxy groups -OCH3 is 1. The van der Waals surface area contributed by atoms with Crippen molar-refractivity contribution in [3.05, 3.63) is 11.1 Å². The molecule has 8 heteroatoms. The van der Waals surface area contributed by atoms with E-state index in [0.717, 1.165) is 12.8 Å². The maximum absolute atomic E-state index is 12.4. The summed E-state index contributed by atoms with van der Waals surface area (Å²) in [5.74, 6) is -1.02. The van der Waals surface area contributed by atoms with Crippen molar-refractivity contribution < 1.29 is 19.1 Å². The molecule has 21 heavy (non-hydrogen) atoms. The second-order valence-corrected chi connectivity index (χ2v) is 5.69. The van der Waals surface area contributed by atoms with Gasteiger partial charge in [0.15, 0.2) is 5.13 Å². The molecule has 0 aliphatic carbocycles. The highest BCUT2D eigenvalue weighted by Crippen LogP contribution is 2.22. The van der Waals surface area contributed by atoms with E-state index >= 15 is 0 Å². The summed E-state index contributed by atoms with van der Waals surface area (Å²) in [5.41, 5.74) is 0.286. The van der Waals surface area contributed by atoms with E-state index in [4.69, 9.17) is 4.74 Å². The van der Waals surface area contributed by atoms with Crippen LogP contribution in [0.15, 0.2) is 5.38 Å². The number of aromatic nitrogens is 1. The number of hydrogen-bond donors (Lipinski definition) is 1. The van der Waals surface area contributed by atoms with Gasteiger partial charge in [0.2, 0.25) is 5.91 Å². The van der Waals surface area contributed by atoms with Gasteiger partial charge in [-0.25, -0.2) is 4.98 Å². The average molecular weight is 311 g/mol. The van der Waals surface area contributed by atoms with Crippen LogP contribution in [0.1, 0.15) is 30.3 Å². The number of carbonyl (C=O) groups is 3. The van der Waals surface area contributed by atoms with Crippen LogP contribution in [0.3, 0.4) is 0 Å². The minimum atomic E-state index is -0.287. The second kappa shape index (κ2) is 6.66. The monoisotopic (exact) mass is 311 g/mol. The van der Waals surface area contributed by atoms with Crippen molar-refractivity contribution in [2.24, 2.45) is 5.92 Å². The highest BCUT2D eigenvalue weighted by Gasteiger charge is 2.30. The largest absolute Gasteiger partial charge is 0.469 e. The Morgan fingerprint density at radius 3 is 2.90 bits per heavy atom. The molecule has 0 unspecified atom stereocenters. The van der Waals surface area contributed by atoms with Gasteiger partial charge in [0.05, 0.1) is 13.0 Å². The number of thiazole rings is 1. The molecule has 1 aliphatic heterocycles. The minimum Gasteiger partial charge on any atom is -0.469 e. The third-order valence-electron chi connectivity index (χ3n) is 3.25. The van der Waals surface area contributed by atoms with Crippen LogP contribution < -0.4 is 5.32 Å². The van der Waals surface area contributed by atoms with Crippen LogP contribution in [0.5, 0.6) is 0 Å². The van der Waals surface area contributed by atoms with Crippen LogP contribution in [0, 0.1) is 5.92 Å². The topological polar surface area (TPSA) is 88.6 Å². The molecule has 0 saturated carbocycles. The van der Waals surface area contributed by atoms with Crippen molar-refractivity contribution in [1.82, 2.24) is 9.88 Å². The van der Waals surface area contributed by atoms with Crippen LogP contribution in [-0.2, 0) is 14.3 Å². The predicted octanol–water partition coefficient (Wildman–Crippen LogP) is 1.13. The molecule has 7 nitrogen and oxygen atoms in total. The Hall–Kier alpha value is -1.96. The molecule has 2 rings (SSSR count). The Labute approximate surface area is 126 Å². The maximum Gasteiger partial charge on any atom is 0.310 e. The fourth-order valence-corrected chi connectivity index (χ4v) is 2.99. The fraction of sp³-hybridized carbons (Fsp3) is 0.538. The van der Waals surface area contributed by atoms with Crippen LogP contribution in [0.2, 0.25) is 0 Å². The number of nitrogens with one attached hydrogen (secondary N) is 1.